The summed E-state index contributed by atoms with van der Waals surface area (Å²) in [6, 6.07) is 0. The van der Waals surface area contributed by atoms with Gasteiger partial charge in [0.1, 0.15) is 0 Å². The Hall–Kier alpha value is -1.18. The van der Waals surface area contributed by atoms with Crippen molar-refractivity contribution >= 4 is 0 Å². The van der Waals surface area contributed by atoms with Gasteiger partial charge in [-0.05, 0) is 12.2 Å². The van der Waals surface area contributed by atoms with E-state index in [9.17, 15) is 0 Å². The molecule has 2 aliphatic rings. The summed E-state index contributed by atoms with van der Waals surface area (Å²) in [6.07, 6.45) is 8.79. The van der Waals surface area contributed by atoms with Crippen LogP contribution in [0.1, 0.15) is 13.8 Å². The van der Waals surface area contributed by atoms with Gasteiger partial charge in [0.05, 0.1) is 11.4 Å². The molecule has 0 unspecified atom stereocenters. The van der Waals surface area contributed by atoms with Crippen molar-refractivity contribution in [1.82, 2.24) is 10.6 Å². The second-order valence-corrected chi connectivity index (χ2v) is 4.17. The zero-order valence-electron chi connectivity index (χ0n) is 8.22. The van der Waals surface area contributed by atoms with Gasteiger partial charge in [-0.2, -0.15) is 0 Å². The van der Waals surface area contributed by atoms with Crippen LogP contribution in [0.3, 0.4) is 0 Å². The van der Waals surface area contributed by atoms with Crippen LogP contribution in [0.2, 0.25) is 0 Å². The zero-order valence-corrected chi connectivity index (χ0v) is 8.22. The number of hydrogen-bond acceptors (Lipinski definition) is 2. The van der Waals surface area contributed by atoms with Gasteiger partial charge < -0.3 is 10.6 Å². The Labute approximate surface area is 79.4 Å². The molecule has 0 fully saturated rings. The molecule has 2 N–H and O–H groups in total. The van der Waals surface area contributed by atoms with Crippen LogP contribution in [-0.2, 0) is 0 Å². The molecule has 2 rings (SSSR count). The van der Waals surface area contributed by atoms with Crippen LogP contribution < -0.4 is 10.6 Å². The average molecular weight is 176 g/mol. The van der Waals surface area contributed by atoms with Crippen LogP contribution in [-0.4, -0.2) is 13.1 Å². The molecular formula is C11H16N2. The van der Waals surface area contributed by atoms with Crippen LogP contribution in [0.15, 0.2) is 35.7 Å². The summed E-state index contributed by atoms with van der Waals surface area (Å²) in [5, 5.41) is 6.76. The van der Waals surface area contributed by atoms with Crippen LogP contribution in [0.25, 0.3) is 0 Å². The summed E-state index contributed by atoms with van der Waals surface area (Å²) in [7, 11) is 0. The number of rotatable bonds is 0. The van der Waals surface area contributed by atoms with Crippen molar-refractivity contribution in [2.45, 2.75) is 13.8 Å². The first-order valence-electron chi connectivity index (χ1n) is 4.78. The lowest BCUT2D eigenvalue weighted by molar-refractivity contribution is 0.626. The Morgan fingerprint density at radius 2 is 1.46 bits per heavy atom. The smallest absolute Gasteiger partial charge is 0.0573 e. The van der Waals surface area contributed by atoms with Crippen molar-refractivity contribution in [1.29, 1.82) is 0 Å². The predicted octanol–water partition coefficient (Wildman–Crippen LogP) is 1.54. The Balaban J connectivity index is 2.32. The standard InChI is InChI=1S/C11H16N2/c1-11(2)5-3-9-10(4-6-11)13-8-7-12-9/h3-6,12-13H,7-8H2,1-2H3. The SMILES string of the molecule is CC1(C)C=CC2=C(C=C1)NCCN2. The molecule has 0 bridgehead atoms. The highest BCUT2D eigenvalue weighted by atomic mass is 15.0. The highest BCUT2D eigenvalue weighted by Gasteiger charge is 2.15. The molecule has 1 heterocycles. The first-order chi connectivity index (χ1) is 6.17. The Bertz CT molecular complexity index is 267. The van der Waals surface area contributed by atoms with E-state index < -0.39 is 0 Å². The molecule has 2 nitrogen and oxygen atoms in total. The lowest BCUT2D eigenvalue weighted by Gasteiger charge is -2.19. The van der Waals surface area contributed by atoms with Crippen LogP contribution in [0, 0.1) is 5.41 Å². The number of nitrogens with one attached hydrogen (secondary N) is 2. The molecule has 2 heteroatoms. The van der Waals surface area contributed by atoms with Gasteiger partial charge in [0.2, 0.25) is 0 Å². The Kier molecular flexibility index (Phi) is 1.91. The van der Waals surface area contributed by atoms with Gasteiger partial charge >= 0.3 is 0 Å². The molecule has 0 spiro atoms. The highest BCUT2D eigenvalue weighted by molar-refractivity contribution is 5.37. The summed E-state index contributed by atoms with van der Waals surface area (Å²) >= 11 is 0. The van der Waals surface area contributed by atoms with E-state index in [-0.39, 0.29) is 5.41 Å². The fourth-order valence-electron chi connectivity index (χ4n) is 1.53. The van der Waals surface area contributed by atoms with Crippen molar-refractivity contribution < 1.29 is 0 Å². The average Bonchev–Trinajstić information content (AvgIpc) is 2.27. The number of hydrogen-bond donors (Lipinski definition) is 2. The van der Waals surface area contributed by atoms with Gasteiger partial charge in [0.25, 0.3) is 0 Å². The van der Waals surface area contributed by atoms with Crippen LogP contribution in [0.5, 0.6) is 0 Å². The van der Waals surface area contributed by atoms with Gasteiger partial charge in [-0.15, -0.1) is 0 Å². The highest BCUT2D eigenvalue weighted by Crippen LogP contribution is 2.24. The Morgan fingerprint density at radius 1 is 1.00 bits per heavy atom. The molecule has 0 aromatic carbocycles. The van der Waals surface area contributed by atoms with Gasteiger partial charge in [0, 0.05) is 18.5 Å². The molecule has 0 saturated carbocycles. The third-order valence-electron chi connectivity index (χ3n) is 2.41. The van der Waals surface area contributed by atoms with Gasteiger partial charge in [-0.25, -0.2) is 0 Å². The zero-order chi connectivity index (χ0) is 9.31. The summed E-state index contributed by atoms with van der Waals surface area (Å²) in [6.45, 7) is 6.44. The van der Waals surface area contributed by atoms with E-state index in [0.717, 1.165) is 13.1 Å². The van der Waals surface area contributed by atoms with Crippen molar-refractivity contribution in [2.75, 3.05) is 13.1 Å². The molecule has 13 heavy (non-hydrogen) atoms. The maximum atomic E-state index is 3.38. The minimum absolute atomic E-state index is 0.167. The molecule has 1 aliphatic carbocycles. The summed E-state index contributed by atoms with van der Waals surface area (Å²) < 4.78 is 0. The van der Waals surface area contributed by atoms with Gasteiger partial charge in [-0.3, -0.25) is 0 Å². The first-order valence-corrected chi connectivity index (χ1v) is 4.78. The topological polar surface area (TPSA) is 24.1 Å². The lowest BCUT2D eigenvalue weighted by atomic mass is 9.93. The van der Waals surface area contributed by atoms with E-state index in [4.69, 9.17) is 0 Å². The van der Waals surface area contributed by atoms with E-state index in [0.29, 0.717) is 0 Å². The van der Waals surface area contributed by atoms with Crippen molar-refractivity contribution in [2.24, 2.45) is 5.41 Å². The lowest BCUT2D eigenvalue weighted by Crippen LogP contribution is -2.33. The second kappa shape index (κ2) is 2.95. The predicted molar refractivity (Wildman–Crippen MR) is 55.1 cm³/mol. The molecule has 0 aromatic heterocycles. The van der Waals surface area contributed by atoms with E-state index in [1.54, 1.807) is 0 Å². The van der Waals surface area contributed by atoms with Gasteiger partial charge in [0.15, 0.2) is 0 Å². The maximum absolute atomic E-state index is 3.38. The van der Waals surface area contributed by atoms with Crippen molar-refractivity contribution in [3.8, 4) is 0 Å². The quantitative estimate of drug-likeness (QED) is 0.585. The third kappa shape index (κ3) is 1.77. The fraction of sp³-hybridized carbons (Fsp3) is 0.455. The molecule has 0 amide bonds. The third-order valence-corrected chi connectivity index (χ3v) is 2.41. The van der Waals surface area contributed by atoms with Crippen LogP contribution >= 0.6 is 0 Å². The monoisotopic (exact) mass is 176 g/mol. The number of allylic oxidation sites excluding steroid dienone is 4. The molecule has 1 aliphatic heterocycles. The fourth-order valence-corrected chi connectivity index (χ4v) is 1.53. The largest absolute Gasteiger partial charge is 0.382 e. The Morgan fingerprint density at radius 3 is 1.92 bits per heavy atom. The minimum Gasteiger partial charge on any atom is -0.382 e. The normalized spacial score (nSPS) is 24.5. The van der Waals surface area contributed by atoms with E-state index in [1.807, 2.05) is 0 Å². The molecule has 0 radical (unpaired) electrons. The summed E-state index contributed by atoms with van der Waals surface area (Å²) in [5.74, 6) is 0. The molecular weight excluding hydrogens is 160 g/mol. The first kappa shape index (κ1) is 8.42. The van der Waals surface area contributed by atoms with E-state index in [2.05, 4.69) is 48.8 Å². The molecule has 0 atom stereocenters. The van der Waals surface area contributed by atoms with Gasteiger partial charge in [-0.1, -0.05) is 26.0 Å². The molecule has 0 aromatic rings. The maximum Gasteiger partial charge on any atom is 0.0573 e. The van der Waals surface area contributed by atoms with E-state index in [1.165, 1.54) is 11.4 Å². The minimum atomic E-state index is 0.167. The second-order valence-electron chi connectivity index (χ2n) is 4.17. The van der Waals surface area contributed by atoms with Crippen molar-refractivity contribution in [3.05, 3.63) is 35.7 Å². The summed E-state index contributed by atoms with van der Waals surface area (Å²) in [4.78, 5) is 0. The van der Waals surface area contributed by atoms with E-state index >= 15 is 0 Å². The molecule has 0 saturated heterocycles. The van der Waals surface area contributed by atoms with Crippen LogP contribution in [0.4, 0.5) is 0 Å². The van der Waals surface area contributed by atoms with Crippen molar-refractivity contribution in [3.63, 3.8) is 0 Å². The summed E-state index contributed by atoms with van der Waals surface area (Å²) in [5.41, 5.74) is 2.60. The molecule has 70 valence electrons.